The summed E-state index contributed by atoms with van der Waals surface area (Å²) in [7, 11) is 0. The Hall–Kier alpha value is -1.98. The van der Waals surface area contributed by atoms with Gasteiger partial charge < -0.3 is 5.11 Å². The second-order valence-corrected chi connectivity index (χ2v) is 5.31. The normalized spacial score (nSPS) is 24.0. The minimum absolute atomic E-state index is 0.00662. The molecule has 0 bridgehead atoms. The molecule has 1 heterocycles. The highest BCUT2D eigenvalue weighted by Crippen LogP contribution is 2.34. The number of pyridine rings is 1. The standard InChI is InChI=1S/C17H22N2O3/c1-3-8-22-19-14(4-2)17-15(20)9-13(10-16(17)21)12-6-5-7-18-11-12/h3,5-7,11,13,15,19-20H,1,4,8-10H2,2H3. The van der Waals surface area contributed by atoms with Gasteiger partial charge in [-0.3, -0.25) is 20.1 Å². The van der Waals surface area contributed by atoms with E-state index in [2.05, 4.69) is 17.0 Å². The fraction of sp³-hybridized carbons (Fsp3) is 0.412. The Morgan fingerprint density at radius 2 is 2.45 bits per heavy atom. The van der Waals surface area contributed by atoms with Gasteiger partial charge in [0.25, 0.3) is 0 Å². The zero-order valence-electron chi connectivity index (χ0n) is 12.8. The number of nitrogens with one attached hydrogen (secondary N) is 1. The van der Waals surface area contributed by atoms with E-state index in [-0.39, 0.29) is 11.7 Å². The highest BCUT2D eigenvalue weighted by atomic mass is 16.6. The van der Waals surface area contributed by atoms with E-state index in [0.29, 0.717) is 37.1 Å². The van der Waals surface area contributed by atoms with Gasteiger partial charge in [0.05, 0.1) is 12.7 Å². The summed E-state index contributed by atoms with van der Waals surface area (Å²) in [5.41, 5.74) is 4.84. The first-order valence-corrected chi connectivity index (χ1v) is 7.50. The number of allylic oxidation sites excluding steroid dienone is 1. The minimum atomic E-state index is -0.791. The summed E-state index contributed by atoms with van der Waals surface area (Å²) < 4.78 is 0. The molecule has 1 fully saturated rings. The third-order valence-electron chi connectivity index (χ3n) is 3.80. The van der Waals surface area contributed by atoms with E-state index in [1.807, 2.05) is 19.1 Å². The monoisotopic (exact) mass is 302 g/mol. The van der Waals surface area contributed by atoms with Crippen LogP contribution in [-0.2, 0) is 9.63 Å². The van der Waals surface area contributed by atoms with Crippen molar-refractivity contribution in [2.45, 2.75) is 38.2 Å². The fourth-order valence-electron chi connectivity index (χ4n) is 2.74. The Kier molecular flexibility index (Phi) is 5.86. The van der Waals surface area contributed by atoms with Gasteiger partial charge in [-0.25, -0.2) is 0 Å². The summed E-state index contributed by atoms with van der Waals surface area (Å²) in [6.07, 6.45) is 5.76. The van der Waals surface area contributed by atoms with E-state index in [1.165, 1.54) is 0 Å². The van der Waals surface area contributed by atoms with Gasteiger partial charge >= 0.3 is 0 Å². The van der Waals surface area contributed by atoms with Crippen LogP contribution in [0.4, 0.5) is 0 Å². The molecule has 1 aromatic rings. The predicted molar refractivity (Wildman–Crippen MR) is 83.8 cm³/mol. The Morgan fingerprint density at radius 3 is 3.05 bits per heavy atom. The number of hydroxylamine groups is 1. The van der Waals surface area contributed by atoms with Gasteiger partial charge in [-0.1, -0.05) is 19.1 Å². The Bertz CT molecular complexity index is 554. The van der Waals surface area contributed by atoms with E-state index in [0.717, 1.165) is 5.56 Å². The predicted octanol–water partition coefficient (Wildman–Crippen LogP) is 2.26. The number of aliphatic hydroxyl groups is 1. The van der Waals surface area contributed by atoms with Gasteiger partial charge in [0.15, 0.2) is 5.78 Å². The number of hydrogen-bond donors (Lipinski definition) is 2. The van der Waals surface area contributed by atoms with Crippen LogP contribution in [0.5, 0.6) is 0 Å². The molecule has 1 aliphatic rings. The van der Waals surface area contributed by atoms with E-state index in [9.17, 15) is 9.90 Å². The summed E-state index contributed by atoms with van der Waals surface area (Å²) in [6, 6.07) is 3.79. The fourth-order valence-corrected chi connectivity index (χ4v) is 2.74. The number of nitrogens with zero attached hydrogens (tertiary/aromatic N) is 1. The van der Waals surface area contributed by atoms with Crippen molar-refractivity contribution in [1.29, 1.82) is 0 Å². The average Bonchev–Trinajstić information content (AvgIpc) is 2.53. The summed E-state index contributed by atoms with van der Waals surface area (Å²) >= 11 is 0. The third kappa shape index (κ3) is 3.81. The van der Waals surface area contributed by atoms with Crippen molar-refractivity contribution in [1.82, 2.24) is 10.5 Å². The van der Waals surface area contributed by atoms with Crippen LogP contribution < -0.4 is 5.48 Å². The maximum Gasteiger partial charge on any atom is 0.163 e. The number of rotatable bonds is 6. The van der Waals surface area contributed by atoms with Gasteiger partial charge in [-0.05, 0) is 30.4 Å². The first-order chi connectivity index (χ1) is 10.7. The summed E-state index contributed by atoms with van der Waals surface area (Å²) in [6.45, 7) is 5.82. The lowest BCUT2D eigenvalue weighted by molar-refractivity contribution is -0.118. The summed E-state index contributed by atoms with van der Waals surface area (Å²) in [4.78, 5) is 21.7. The molecule has 1 aliphatic carbocycles. The van der Waals surface area contributed by atoms with Crippen molar-refractivity contribution in [3.05, 3.63) is 54.0 Å². The Labute approximate surface area is 130 Å². The average molecular weight is 302 g/mol. The number of carbonyl (C=O) groups is 1. The molecule has 5 heteroatoms. The summed E-state index contributed by atoms with van der Waals surface area (Å²) in [5.74, 6) is -0.0358. The van der Waals surface area contributed by atoms with Gasteiger partial charge in [-0.2, -0.15) is 0 Å². The summed E-state index contributed by atoms with van der Waals surface area (Å²) in [5, 5.41) is 10.4. The van der Waals surface area contributed by atoms with Crippen LogP contribution in [0.25, 0.3) is 0 Å². The number of aromatic nitrogens is 1. The molecule has 2 unspecified atom stereocenters. The molecule has 2 atom stereocenters. The molecule has 0 aromatic carbocycles. The van der Waals surface area contributed by atoms with E-state index >= 15 is 0 Å². The van der Waals surface area contributed by atoms with Crippen molar-refractivity contribution in [3.63, 3.8) is 0 Å². The smallest absolute Gasteiger partial charge is 0.163 e. The van der Waals surface area contributed by atoms with E-state index in [1.54, 1.807) is 18.5 Å². The Morgan fingerprint density at radius 1 is 1.64 bits per heavy atom. The first kappa shape index (κ1) is 16.4. The molecule has 0 aliphatic heterocycles. The molecule has 1 aromatic heterocycles. The highest BCUT2D eigenvalue weighted by molar-refractivity contribution is 5.98. The lowest BCUT2D eigenvalue weighted by atomic mass is 9.78. The van der Waals surface area contributed by atoms with Crippen LogP contribution in [0.3, 0.4) is 0 Å². The minimum Gasteiger partial charge on any atom is -0.388 e. The van der Waals surface area contributed by atoms with Crippen molar-refractivity contribution in [2.24, 2.45) is 0 Å². The SMILES string of the molecule is C=CCONC(CC)=C1C(=O)CC(c2cccnc2)CC1O. The molecular formula is C17H22N2O3. The molecular weight excluding hydrogens is 280 g/mol. The van der Waals surface area contributed by atoms with Crippen LogP contribution in [0.2, 0.25) is 0 Å². The lowest BCUT2D eigenvalue weighted by Gasteiger charge is -2.29. The molecule has 2 rings (SSSR count). The van der Waals surface area contributed by atoms with Crippen molar-refractivity contribution in [2.75, 3.05) is 6.61 Å². The zero-order chi connectivity index (χ0) is 15.9. The van der Waals surface area contributed by atoms with E-state index in [4.69, 9.17) is 4.84 Å². The Balaban J connectivity index is 2.16. The molecule has 0 saturated heterocycles. The van der Waals surface area contributed by atoms with Gasteiger partial charge in [0.2, 0.25) is 0 Å². The number of hydrogen-bond acceptors (Lipinski definition) is 5. The quantitative estimate of drug-likeness (QED) is 0.365. The first-order valence-electron chi connectivity index (χ1n) is 7.50. The van der Waals surface area contributed by atoms with Gasteiger partial charge in [-0.15, -0.1) is 6.58 Å². The zero-order valence-corrected chi connectivity index (χ0v) is 12.8. The third-order valence-corrected chi connectivity index (χ3v) is 3.80. The highest BCUT2D eigenvalue weighted by Gasteiger charge is 2.33. The van der Waals surface area contributed by atoms with Crippen molar-refractivity contribution in [3.8, 4) is 0 Å². The van der Waals surface area contributed by atoms with Crippen molar-refractivity contribution < 1.29 is 14.7 Å². The molecule has 22 heavy (non-hydrogen) atoms. The second-order valence-electron chi connectivity index (χ2n) is 5.31. The number of carbonyl (C=O) groups excluding carboxylic acids is 1. The number of ketones is 1. The van der Waals surface area contributed by atoms with Crippen LogP contribution in [0.1, 0.15) is 37.7 Å². The number of aliphatic hydroxyl groups excluding tert-OH is 1. The molecule has 2 N–H and O–H groups in total. The topological polar surface area (TPSA) is 71.5 Å². The van der Waals surface area contributed by atoms with E-state index < -0.39 is 6.10 Å². The molecule has 0 amide bonds. The number of Topliss-reactive ketones (excluding diaryl/α,β-unsaturated/α-hetero) is 1. The van der Waals surface area contributed by atoms with Crippen molar-refractivity contribution >= 4 is 5.78 Å². The van der Waals surface area contributed by atoms with Gasteiger partial charge in [0.1, 0.15) is 0 Å². The van der Waals surface area contributed by atoms with Crippen LogP contribution in [0, 0.1) is 0 Å². The molecule has 5 nitrogen and oxygen atoms in total. The maximum absolute atomic E-state index is 12.5. The maximum atomic E-state index is 12.5. The largest absolute Gasteiger partial charge is 0.388 e. The molecule has 0 radical (unpaired) electrons. The molecule has 1 saturated carbocycles. The lowest BCUT2D eigenvalue weighted by Crippen LogP contribution is -2.32. The van der Waals surface area contributed by atoms with Gasteiger partial charge in [0, 0.05) is 30.1 Å². The van der Waals surface area contributed by atoms with Crippen LogP contribution >= 0.6 is 0 Å². The second kappa shape index (κ2) is 7.87. The molecule has 118 valence electrons. The van der Waals surface area contributed by atoms with Crippen LogP contribution in [0.15, 0.2) is 48.5 Å². The molecule has 0 spiro atoms. The van der Waals surface area contributed by atoms with Crippen LogP contribution in [-0.4, -0.2) is 28.6 Å².